The van der Waals surface area contributed by atoms with Gasteiger partial charge in [-0.3, -0.25) is 4.68 Å². The predicted molar refractivity (Wildman–Crippen MR) is 58.9 cm³/mol. The lowest BCUT2D eigenvalue weighted by atomic mass is 10.3. The molecule has 1 aliphatic carbocycles. The Labute approximate surface area is 89.9 Å². The highest BCUT2D eigenvalue weighted by molar-refractivity contribution is 5.13. The molecule has 4 heteroatoms. The van der Waals surface area contributed by atoms with Crippen LogP contribution >= 0.6 is 0 Å². The van der Waals surface area contributed by atoms with E-state index < -0.39 is 0 Å². The molecule has 4 nitrogen and oxygen atoms in total. The Morgan fingerprint density at radius 2 is 2.53 bits per heavy atom. The molecule has 1 aromatic rings. The van der Waals surface area contributed by atoms with Crippen LogP contribution in [-0.4, -0.2) is 29.0 Å². The van der Waals surface area contributed by atoms with E-state index in [1.807, 2.05) is 13.2 Å². The summed E-state index contributed by atoms with van der Waals surface area (Å²) in [5.74, 6) is 0.796. The minimum absolute atomic E-state index is 0.561. The van der Waals surface area contributed by atoms with Gasteiger partial charge in [0.2, 0.25) is 0 Å². The lowest BCUT2D eigenvalue weighted by Gasteiger charge is -2.07. The van der Waals surface area contributed by atoms with E-state index in [9.17, 15) is 0 Å². The molecule has 0 atom stereocenters. The summed E-state index contributed by atoms with van der Waals surface area (Å²) in [5, 5.41) is 7.42. The van der Waals surface area contributed by atoms with Gasteiger partial charge >= 0.3 is 0 Å². The Balaban J connectivity index is 1.65. The minimum Gasteiger partial charge on any atom is -0.486 e. The van der Waals surface area contributed by atoms with Crippen LogP contribution in [-0.2, 0) is 7.05 Å². The number of nitrogens with zero attached hydrogens (tertiary/aromatic N) is 2. The van der Waals surface area contributed by atoms with E-state index in [4.69, 9.17) is 4.74 Å². The first-order valence-electron chi connectivity index (χ1n) is 5.25. The summed E-state index contributed by atoms with van der Waals surface area (Å²) < 4.78 is 7.24. The first kappa shape index (κ1) is 10.2. The molecule has 15 heavy (non-hydrogen) atoms. The molecule has 0 amide bonds. The number of aromatic nitrogens is 2. The highest BCUT2D eigenvalue weighted by atomic mass is 16.5. The fourth-order valence-electron chi connectivity index (χ4n) is 1.29. The Morgan fingerprint density at radius 3 is 3.13 bits per heavy atom. The van der Waals surface area contributed by atoms with Crippen LogP contribution in [0.3, 0.4) is 0 Å². The third-order valence-electron chi connectivity index (χ3n) is 2.34. The van der Waals surface area contributed by atoms with Gasteiger partial charge in [0.25, 0.3) is 0 Å². The number of hydrogen-bond donors (Lipinski definition) is 1. The van der Waals surface area contributed by atoms with Crippen LogP contribution in [0.5, 0.6) is 5.75 Å². The normalized spacial score (nSPS) is 15.3. The van der Waals surface area contributed by atoms with Gasteiger partial charge in [0, 0.05) is 19.6 Å². The van der Waals surface area contributed by atoms with Gasteiger partial charge in [0.05, 0.1) is 12.4 Å². The van der Waals surface area contributed by atoms with Crippen molar-refractivity contribution >= 4 is 0 Å². The van der Waals surface area contributed by atoms with Crippen LogP contribution in [0.2, 0.25) is 0 Å². The molecule has 82 valence electrons. The minimum atomic E-state index is 0.561. The first-order valence-corrected chi connectivity index (χ1v) is 5.25. The second kappa shape index (κ2) is 4.49. The SMILES string of the molecule is C=C(CNC1CC1)COc1cnn(C)c1. The van der Waals surface area contributed by atoms with Gasteiger partial charge in [-0.1, -0.05) is 6.58 Å². The third-order valence-corrected chi connectivity index (χ3v) is 2.34. The lowest BCUT2D eigenvalue weighted by Crippen LogP contribution is -2.21. The summed E-state index contributed by atoms with van der Waals surface area (Å²) in [5.41, 5.74) is 1.07. The fraction of sp³-hybridized carbons (Fsp3) is 0.545. The van der Waals surface area contributed by atoms with E-state index in [2.05, 4.69) is 17.0 Å². The van der Waals surface area contributed by atoms with E-state index in [0.29, 0.717) is 6.61 Å². The topological polar surface area (TPSA) is 39.1 Å². The highest BCUT2D eigenvalue weighted by Gasteiger charge is 2.19. The number of aryl methyl sites for hydroxylation is 1. The molecule has 1 heterocycles. The lowest BCUT2D eigenvalue weighted by molar-refractivity contribution is 0.348. The van der Waals surface area contributed by atoms with Crippen molar-refractivity contribution in [2.75, 3.05) is 13.2 Å². The molecule has 1 aliphatic rings. The maximum Gasteiger partial charge on any atom is 0.157 e. The maximum absolute atomic E-state index is 5.52. The van der Waals surface area contributed by atoms with Gasteiger partial charge < -0.3 is 10.1 Å². The highest BCUT2D eigenvalue weighted by Crippen LogP contribution is 2.18. The molecule has 1 fully saturated rings. The molecule has 0 spiro atoms. The monoisotopic (exact) mass is 207 g/mol. The van der Waals surface area contributed by atoms with Crippen molar-refractivity contribution in [3.63, 3.8) is 0 Å². The summed E-state index contributed by atoms with van der Waals surface area (Å²) in [4.78, 5) is 0. The average Bonchev–Trinajstić information content (AvgIpc) is 2.95. The van der Waals surface area contributed by atoms with Crippen molar-refractivity contribution in [2.45, 2.75) is 18.9 Å². The molecule has 0 unspecified atom stereocenters. The Bertz CT molecular complexity index is 341. The van der Waals surface area contributed by atoms with Crippen molar-refractivity contribution in [3.8, 4) is 5.75 Å². The zero-order valence-corrected chi connectivity index (χ0v) is 9.07. The van der Waals surface area contributed by atoms with Gasteiger partial charge in [0.15, 0.2) is 5.75 Å². The number of nitrogens with one attached hydrogen (secondary N) is 1. The molecule has 2 rings (SSSR count). The third kappa shape index (κ3) is 3.40. The van der Waals surface area contributed by atoms with Gasteiger partial charge in [0.1, 0.15) is 6.61 Å². The van der Waals surface area contributed by atoms with E-state index in [1.54, 1.807) is 10.9 Å². The van der Waals surface area contributed by atoms with E-state index >= 15 is 0 Å². The molecule has 0 saturated heterocycles. The van der Waals surface area contributed by atoms with Crippen molar-refractivity contribution < 1.29 is 4.74 Å². The number of ether oxygens (including phenoxy) is 1. The number of hydrogen-bond acceptors (Lipinski definition) is 3. The molecular weight excluding hydrogens is 190 g/mol. The van der Waals surface area contributed by atoms with Crippen LogP contribution in [0, 0.1) is 0 Å². The van der Waals surface area contributed by atoms with Crippen LogP contribution in [0.1, 0.15) is 12.8 Å². The Hall–Kier alpha value is -1.29. The second-order valence-corrected chi connectivity index (χ2v) is 4.04. The van der Waals surface area contributed by atoms with Crippen LogP contribution in [0.15, 0.2) is 24.5 Å². The van der Waals surface area contributed by atoms with Crippen molar-refractivity contribution in [2.24, 2.45) is 7.05 Å². The maximum atomic E-state index is 5.52. The number of rotatable bonds is 6. The smallest absolute Gasteiger partial charge is 0.157 e. The largest absolute Gasteiger partial charge is 0.486 e. The van der Waals surface area contributed by atoms with Crippen molar-refractivity contribution in [3.05, 3.63) is 24.5 Å². The molecule has 1 aromatic heterocycles. The van der Waals surface area contributed by atoms with E-state index in [1.165, 1.54) is 12.8 Å². The Kier molecular flexibility index (Phi) is 3.06. The standard InChI is InChI=1S/C11H17N3O/c1-9(5-12-10-3-4-10)8-15-11-6-13-14(2)7-11/h6-7,10,12H,1,3-5,8H2,2H3. The molecule has 0 radical (unpaired) electrons. The fourth-order valence-corrected chi connectivity index (χ4v) is 1.29. The summed E-state index contributed by atoms with van der Waals surface area (Å²) in [6.45, 7) is 5.37. The zero-order chi connectivity index (χ0) is 10.7. The molecule has 1 saturated carbocycles. The zero-order valence-electron chi connectivity index (χ0n) is 9.07. The van der Waals surface area contributed by atoms with Gasteiger partial charge in [-0.25, -0.2) is 0 Å². The summed E-state index contributed by atoms with van der Waals surface area (Å²) >= 11 is 0. The molecule has 0 bridgehead atoms. The second-order valence-electron chi connectivity index (χ2n) is 4.04. The summed E-state index contributed by atoms with van der Waals surface area (Å²) in [6, 6.07) is 0.722. The molecular formula is C11H17N3O. The quantitative estimate of drug-likeness (QED) is 0.710. The summed E-state index contributed by atoms with van der Waals surface area (Å²) in [7, 11) is 1.87. The van der Waals surface area contributed by atoms with E-state index in [-0.39, 0.29) is 0 Å². The van der Waals surface area contributed by atoms with Crippen LogP contribution in [0.4, 0.5) is 0 Å². The molecule has 1 N–H and O–H groups in total. The van der Waals surface area contributed by atoms with Crippen molar-refractivity contribution in [1.29, 1.82) is 0 Å². The predicted octanol–water partition coefficient (Wildman–Crippen LogP) is 1.11. The van der Waals surface area contributed by atoms with Crippen molar-refractivity contribution in [1.82, 2.24) is 15.1 Å². The molecule has 0 aliphatic heterocycles. The average molecular weight is 207 g/mol. The summed E-state index contributed by atoms with van der Waals surface area (Å²) in [6.07, 6.45) is 6.16. The Morgan fingerprint density at radius 1 is 1.73 bits per heavy atom. The van der Waals surface area contributed by atoms with Gasteiger partial charge in [-0.2, -0.15) is 5.10 Å². The molecule has 0 aromatic carbocycles. The van der Waals surface area contributed by atoms with Gasteiger partial charge in [-0.15, -0.1) is 0 Å². The first-order chi connectivity index (χ1) is 7.24. The van der Waals surface area contributed by atoms with Gasteiger partial charge in [-0.05, 0) is 18.4 Å². The van der Waals surface area contributed by atoms with Crippen LogP contribution in [0.25, 0.3) is 0 Å². The van der Waals surface area contributed by atoms with E-state index in [0.717, 1.165) is 23.9 Å². The van der Waals surface area contributed by atoms with Crippen LogP contribution < -0.4 is 10.1 Å².